The van der Waals surface area contributed by atoms with E-state index in [-0.39, 0.29) is 0 Å². The number of allylic oxidation sites excluding steroid dienone is 2. The van der Waals surface area contributed by atoms with Crippen LogP contribution in [0.25, 0.3) is 0 Å². The Morgan fingerprint density at radius 3 is 2.80 bits per heavy atom. The van der Waals surface area contributed by atoms with Gasteiger partial charge >= 0.3 is 0 Å². The van der Waals surface area contributed by atoms with Crippen LogP contribution in [0.1, 0.15) is 65.2 Å². The molecule has 1 heteroatoms. The first-order valence-electron chi connectivity index (χ1n) is 8.75. The zero-order valence-corrected chi connectivity index (χ0v) is 13.0. The minimum atomic E-state index is 0.320. The van der Waals surface area contributed by atoms with Crippen molar-refractivity contribution in [3.8, 4) is 0 Å². The molecular weight excluding hydrogens is 244 g/mol. The van der Waals surface area contributed by atoms with Gasteiger partial charge in [-0.2, -0.15) is 0 Å². The Kier molecular flexibility index (Phi) is 2.76. The third-order valence-corrected chi connectivity index (χ3v) is 7.71. The van der Waals surface area contributed by atoms with Crippen LogP contribution in [0.4, 0.5) is 0 Å². The third-order valence-electron chi connectivity index (χ3n) is 7.71. The van der Waals surface area contributed by atoms with Crippen molar-refractivity contribution in [1.29, 1.82) is 0 Å². The van der Waals surface area contributed by atoms with Crippen molar-refractivity contribution in [2.24, 2.45) is 34.5 Å². The van der Waals surface area contributed by atoms with Gasteiger partial charge in [0.15, 0.2) is 0 Å². The van der Waals surface area contributed by atoms with Crippen molar-refractivity contribution in [1.82, 2.24) is 0 Å². The van der Waals surface area contributed by atoms with Crippen molar-refractivity contribution >= 4 is 5.78 Å². The molecule has 0 amide bonds. The van der Waals surface area contributed by atoms with Gasteiger partial charge in [0.05, 0.1) is 0 Å². The molecule has 3 fully saturated rings. The number of carbonyl (C=O) groups is 1. The van der Waals surface area contributed by atoms with Crippen LogP contribution < -0.4 is 0 Å². The van der Waals surface area contributed by atoms with Gasteiger partial charge < -0.3 is 0 Å². The second kappa shape index (κ2) is 4.21. The van der Waals surface area contributed by atoms with E-state index in [1.165, 1.54) is 44.9 Å². The smallest absolute Gasteiger partial charge is 0.136 e. The van der Waals surface area contributed by atoms with Gasteiger partial charge in [0.2, 0.25) is 0 Å². The first kappa shape index (κ1) is 13.1. The summed E-state index contributed by atoms with van der Waals surface area (Å²) >= 11 is 0. The molecule has 4 aliphatic rings. The van der Waals surface area contributed by atoms with E-state index in [1.54, 1.807) is 0 Å². The van der Waals surface area contributed by atoms with Crippen LogP contribution in [-0.4, -0.2) is 5.78 Å². The average molecular weight is 272 g/mol. The van der Waals surface area contributed by atoms with Gasteiger partial charge in [0.1, 0.15) is 5.78 Å². The predicted octanol–water partition coefficient (Wildman–Crippen LogP) is 4.76. The van der Waals surface area contributed by atoms with E-state index < -0.39 is 0 Å². The largest absolute Gasteiger partial charge is 0.299 e. The lowest BCUT2D eigenvalue weighted by Crippen LogP contribution is -2.54. The minimum absolute atomic E-state index is 0.320. The molecule has 4 rings (SSSR count). The topological polar surface area (TPSA) is 17.1 Å². The maximum atomic E-state index is 12.9. The summed E-state index contributed by atoms with van der Waals surface area (Å²) in [4.78, 5) is 12.9. The van der Waals surface area contributed by atoms with E-state index in [0.29, 0.717) is 40.3 Å². The number of hydrogen-bond acceptors (Lipinski definition) is 1. The van der Waals surface area contributed by atoms with Gasteiger partial charge in [-0.05, 0) is 67.1 Å². The highest BCUT2D eigenvalue weighted by molar-refractivity contribution is 5.83. The Hall–Kier alpha value is -0.590. The summed E-state index contributed by atoms with van der Waals surface area (Å²) in [6.07, 6.45) is 14.9. The first-order chi connectivity index (χ1) is 9.55. The molecule has 0 aromatic heterocycles. The number of hydrogen-bond donors (Lipinski definition) is 0. The van der Waals surface area contributed by atoms with Crippen molar-refractivity contribution in [2.75, 3.05) is 0 Å². The van der Waals surface area contributed by atoms with Crippen molar-refractivity contribution in [2.45, 2.75) is 65.2 Å². The Morgan fingerprint density at radius 2 is 1.95 bits per heavy atom. The molecule has 0 radical (unpaired) electrons. The second-order valence-electron chi connectivity index (χ2n) is 8.54. The first-order valence-corrected chi connectivity index (χ1v) is 8.75. The fourth-order valence-corrected chi connectivity index (χ4v) is 6.48. The zero-order chi connectivity index (χ0) is 14.0. The van der Waals surface area contributed by atoms with Crippen LogP contribution in [0.5, 0.6) is 0 Å². The second-order valence-corrected chi connectivity index (χ2v) is 8.54. The van der Waals surface area contributed by atoms with Gasteiger partial charge in [-0.25, -0.2) is 0 Å². The summed E-state index contributed by atoms with van der Waals surface area (Å²) in [6, 6.07) is 0. The van der Waals surface area contributed by atoms with Crippen molar-refractivity contribution < 1.29 is 4.79 Å². The molecule has 6 atom stereocenters. The molecular formula is C19H28O. The van der Waals surface area contributed by atoms with E-state index in [0.717, 1.165) is 6.42 Å². The summed E-state index contributed by atoms with van der Waals surface area (Å²) in [6.45, 7) is 4.94. The number of Topliss-reactive ketones (excluding diaryl/α,β-unsaturated/α-hetero) is 1. The maximum absolute atomic E-state index is 12.9. The molecule has 0 aromatic rings. The Balaban J connectivity index is 1.74. The van der Waals surface area contributed by atoms with Gasteiger partial charge in [-0.1, -0.05) is 32.4 Å². The van der Waals surface area contributed by atoms with Gasteiger partial charge in [-0.3, -0.25) is 4.79 Å². The predicted molar refractivity (Wildman–Crippen MR) is 81.3 cm³/mol. The van der Waals surface area contributed by atoms with Crippen LogP contribution in [0.15, 0.2) is 12.2 Å². The third kappa shape index (κ3) is 1.58. The van der Waals surface area contributed by atoms with Gasteiger partial charge in [0, 0.05) is 12.3 Å². The number of rotatable bonds is 0. The van der Waals surface area contributed by atoms with Crippen LogP contribution in [0.2, 0.25) is 0 Å². The molecule has 0 heterocycles. The van der Waals surface area contributed by atoms with Crippen LogP contribution in [-0.2, 0) is 4.79 Å². The fraction of sp³-hybridized carbons (Fsp3) is 0.842. The molecule has 20 heavy (non-hydrogen) atoms. The quantitative estimate of drug-likeness (QED) is 0.581. The highest BCUT2D eigenvalue weighted by Crippen LogP contribution is 2.64. The van der Waals surface area contributed by atoms with Gasteiger partial charge in [-0.15, -0.1) is 0 Å². The fourth-order valence-electron chi connectivity index (χ4n) is 6.48. The normalized spacial score (nSPS) is 54.2. The van der Waals surface area contributed by atoms with E-state index in [1.807, 2.05) is 0 Å². The Bertz CT molecular complexity index is 464. The maximum Gasteiger partial charge on any atom is 0.136 e. The molecule has 0 spiro atoms. The lowest BCUT2D eigenvalue weighted by atomic mass is 9.46. The molecule has 0 aliphatic heterocycles. The number of carbonyl (C=O) groups excluding carboxylic acids is 1. The summed E-state index contributed by atoms with van der Waals surface area (Å²) < 4.78 is 0. The summed E-state index contributed by atoms with van der Waals surface area (Å²) in [5.74, 6) is 2.99. The van der Waals surface area contributed by atoms with Crippen LogP contribution in [0, 0.1) is 34.5 Å². The molecule has 0 saturated heterocycles. The standard InChI is InChI=1S/C19H28O/c1-18-9-5-7-14(18)17-15(8-11-18)19(2)10-4-3-6-13(19)12-16(17)20/h4,10,13-15,17H,3,5-9,11-12H2,1-2H3/t13?,14-,15+,17-,18-,19-/m0/s1. The molecule has 0 aromatic carbocycles. The van der Waals surface area contributed by atoms with Gasteiger partial charge in [0.25, 0.3) is 0 Å². The summed E-state index contributed by atoms with van der Waals surface area (Å²) in [7, 11) is 0. The molecule has 1 unspecified atom stereocenters. The minimum Gasteiger partial charge on any atom is -0.299 e. The van der Waals surface area contributed by atoms with E-state index >= 15 is 0 Å². The molecule has 4 aliphatic carbocycles. The lowest BCUT2D eigenvalue weighted by molar-refractivity contribution is -0.146. The molecule has 3 saturated carbocycles. The van der Waals surface area contributed by atoms with E-state index in [2.05, 4.69) is 26.0 Å². The van der Waals surface area contributed by atoms with E-state index in [4.69, 9.17) is 0 Å². The van der Waals surface area contributed by atoms with Crippen molar-refractivity contribution in [3.63, 3.8) is 0 Å². The average Bonchev–Trinajstić information content (AvgIpc) is 2.81. The molecule has 1 nitrogen and oxygen atoms in total. The number of ketones is 1. The number of fused-ring (bicyclic) bond motifs is 5. The lowest BCUT2D eigenvalue weighted by Gasteiger charge is -2.57. The molecule has 110 valence electrons. The monoisotopic (exact) mass is 272 g/mol. The molecule has 0 bridgehead atoms. The SMILES string of the molecule is C[C@@]12CCC[C@H]1[C@@H]1C(=O)CC3CCC=C[C@]3(C)[C@@H]1CC2. The summed E-state index contributed by atoms with van der Waals surface area (Å²) in [5.41, 5.74) is 0.805. The Morgan fingerprint density at radius 1 is 1.10 bits per heavy atom. The van der Waals surface area contributed by atoms with E-state index in [9.17, 15) is 4.79 Å². The van der Waals surface area contributed by atoms with Crippen molar-refractivity contribution in [3.05, 3.63) is 12.2 Å². The Labute approximate surface area is 123 Å². The van der Waals surface area contributed by atoms with Crippen LogP contribution >= 0.6 is 0 Å². The molecule has 0 N–H and O–H groups in total. The highest BCUT2D eigenvalue weighted by Gasteiger charge is 2.59. The van der Waals surface area contributed by atoms with Crippen LogP contribution in [0.3, 0.4) is 0 Å². The summed E-state index contributed by atoms with van der Waals surface area (Å²) in [5, 5.41) is 0. The highest BCUT2D eigenvalue weighted by atomic mass is 16.1. The zero-order valence-electron chi connectivity index (χ0n) is 13.0.